The quantitative estimate of drug-likeness (QED) is 0.100. The van der Waals surface area contributed by atoms with E-state index >= 15 is 0 Å². The minimum atomic E-state index is -1.28. The van der Waals surface area contributed by atoms with Gasteiger partial charge in [0.15, 0.2) is 0 Å². The molecule has 0 aliphatic rings. The van der Waals surface area contributed by atoms with E-state index in [1.807, 2.05) is 55.4 Å². The number of hydrogen-bond donors (Lipinski definition) is 4. The maximum atomic E-state index is 11.0. The number of aliphatic carboxylic acids is 4. The van der Waals surface area contributed by atoms with Gasteiger partial charge < -0.3 is 60.0 Å². The first-order valence-electron chi connectivity index (χ1n) is 21.0. The molecule has 0 aliphatic heterocycles. The third kappa shape index (κ3) is 88.9. The second kappa shape index (κ2) is 58.8. The van der Waals surface area contributed by atoms with Crippen LogP contribution in [0.3, 0.4) is 0 Å². The molecule has 0 heterocycles. The molecule has 0 bridgehead atoms. The first-order valence-corrected chi connectivity index (χ1v) is 21.0. The number of hydrogen-bond acceptors (Lipinski definition) is 16. The van der Waals surface area contributed by atoms with Gasteiger partial charge in [-0.15, -0.1) is 0 Å². The van der Waals surface area contributed by atoms with Gasteiger partial charge in [-0.2, -0.15) is 0 Å². The summed E-state index contributed by atoms with van der Waals surface area (Å²) in [7, 11) is 0. The molecular formula is C44H84O16Ti2. The van der Waals surface area contributed by atoms with E-state index in [0.717, 1.165) is 0 Å². The normalized spacial score (nSPS) is 9.48. The molecule has 0 rings (SSSR count). The molecule has 0 amide bonds. The molecule has 0 spiro atoms. The van der Waals surface area contributed by atoms with E-state index in [4.69, 9.17) is 20.4 Å². The Bertz CT molecular complexity index is 902. The van der Waals surface area contributed by atoms with Gasteiger partial charge in [-0.25, -0.2) is 0 Å². The van der Waals surface area contributed by atoms with Crippen molar-refractivity contribution < 1.29 is 123 Å². The van der Waals surface area contributed by atoms with E-state index in [0.29, 0.717) is 51.4 Å². The number of ketones is 4. The summed E-state index contributed by atoms with van der Waals surface area (Å²) >= 11 is 0. The zero-order valence-corrected chi connectivity index (χ0v) is 43.9. The number of carboxylic acid groups (broad SMARTS) is 4. The molecule has 0 saturated heterocycles. The molecule has 0 radical (unpaired) electrons. The number of carboxylic acids is 4. The first-order chi connectivity index (χ1) is 27.4. The Morgan fingerprint density at radius 1 is 0.306 bits per heavy atom. The van der Waals surface area contributed by atoms with E-state index in [2.05, 4.69) is 0 Å². The van der Waals surface area contributed by atoms with Crippen molar-refractivity contribution in [2.75, 3.05) is 0 Å². The molecule has 0 atom stereocenters. The number of aliphatic hydroxyl groups is 4. The second-order valence-corrected chi connectivity index (χ2v) is 14.5. The van der Waals surface area contributed by atoms with Gasteiger partial charge in [-0.05, 0) is 107 Å². The number of Topliss-reactive ketones (excluding diaryl/α,β-unsaturated/α-hetero) is 4. The largest absolute Gasteiger partial charge is 2.00 e. The van der Waals surface area contributed by atoms with Gasteiger partial charge in [0.25, 0.3) is 0 Å². The summed E-state index contributed by atoms with van der Waals surface area (Å²) in [5.74, 6) is -6.37. The zero-order valence-electron chi connectivity index (χ0n) is 40.8. The minimum absolute atomic E-state index is 0. The first kappa shape index (κ1) is 83.4. The summed E-state index contributed by atoms with van der Waals surface area (Å²) in [6.45, 7) is 28.8. The predicted octanol–water partition coefficient (Wildman–Crippen LogP) is 2.07. The topological polar surface area (TPSA) is 310 Å². The summed E-state index contributed by atoms with van der Waals surface area (Å²) in [5, 5.41) is 72.3. The van der Waals surface area contributed by atoms with Crippen molar-refractivity contribution in [3.8, 4) is 0 Å². The fourth-order valence-electron chi connectivity index (χ4n) is 4.12. The van der Waals surface area contributed by atoms with Gasteiger partial charge >= 0.3 is 43.4 Å². The predicted molar refractivity (Wildman–Crippen MR) is 224 cm³/mol. The van der Waals surface area contributed by atoms with Crippen LogP contribution in [0, 0.1) is 23.7 Å². The maximum Gasteiger partial charge on any atom is 2.00 e. The molecule has 0 aliphatic carbocycles. The molecule has 0 aromatic heterocycles. The Balaban J connectivity index is -0.0000000644. The van der Waals surface area contributed by atoms with Gasteiger partial charge in [0.2, 0.25) is 0 Å². The van der Waals surface area contributed by atoms with Crippen LogP contribution in [0.25, 0.3) is 0 Å². The van der Waals surface area contributed by atoms with Crippen molar-refractivity contribution in [2.24, 2.45) is 23.7 Å². The maximum absolute atomic E-state index is 11.0. The molecule has 4 N–H and O–H groups in total. The average Bonchev–Trinajstić information content (AvgIpc) is 3.05. The fraction of sp³-hybridized carbons (Fsp3) is 0.818. The van der Waals surface area contributed by atoms with Crippen LogP contribution >= 0.6 is 0 Å². The molecule has 16 nitrogen and oxygen atoms in total. The van der Waals surface area contributed by atoms with E-state index in [1.165, 1.54) is 0 Å². The summed E-state index contributed by atoms with van der Waals surface area (Å²) in [5.41, 5.74) is 0. The molecule has 0 aromatic rings. The van der Waals surface area contributed by atoms with Crippen LogP contribution < -0.4 is 20.4 Å². The number of carbonyl (C=O) groups is 8. The van der Waals surface area contributed by atoms with Crippen LogP contribution in [0.2, 0.25) is 0 Å². The van der Waals surface area contributed by atoms with Crippen LogP contribution in [0.1, 0.15) is 188 Å². The van der Waals surface area contributed by atoms with Gasteiger partial charge in [-0.1, -0.05) is 55.4 Å². The van der Waals surface area contributed by atoms with Gasteiger partial charge in [-0.3, -0.25) is 19.2 Å². The molecule has 0 saturated carbocycles. The summed E-state index contributed by atoms with van der Waals surface area (Å²) in [6.07, 6.45) is 3.27. The van der Waals surface area contributed by atoms with Gasteiger partial charge in [0, 0.05) is 97.6 Å². The summed E-state index contributed by atoms with van der Waals surface area (Å²) < 4.78 is 0. The fourth-order valence-corrected chi connectivity index (χ4v) is 4.12. The Kier molecular flexibility index (Phi) is 79.1. The van der Waals surface area contributed by atoms with Crippen molar-refractivity contribution in [1.29, 1.82) is 0 Å². The number of carbonyl (C=O) groups excluding carboxylic acids is 8. The standard InChI is InChI=1S/4C8H14O3.4C3H8O.2Ti/c4*1-3-6(4-2)7(9)5-8(10)11;4*1-3(2)4;;/h4*6H,3-5H2,1-2H3,(H,10,11);4*3-4H,1-2H3;;/q;;;;;;;;2*+2/p-4. The van der Waals surface area contributed by atoms with Crippen molar-refractivity contribution in [3.05, 3.63) is 0 Å². The second-order valence-electron chi connectivity index (χ2n) is 14.5. The van der Waals surface area contributed by atoms with Gasteiger partial charge in [0.05, 0.1) is 0 Å². The third-order valence-corrected chi connectivity index (χ3v) is 7.04. The van der Waals surface area contributed by atoms with Crippen LogP contribution in [-0.4, -0.2) is 91.9 Å². The molecular weight excluding hydrogens is 880 g/mol. The van der Waals surface area contributed by atoms with E-state index in [1.54, 1.807) is 55.4 Å². The Labute approximate surface area is 403 Å². The molecule has 0 aromatic carbocycles. The smallest absolute Gasteiger partial charge is 0.550 e. The van der Waals surface area contributed by atoms with Crippen LogP contribution in [0.5, 0.6) is 0 Å². The molecule has 0 unspecified atom stereocenters. The third-order valence-electron chi connectivity index (χ3n) is 7.04. The van der Waals surface area contributed by atoms with E-state index in [9.17, 15) is 58.8 Å². The van der Waals surface area contributed by atoms with Crippen LogP contribution in [0.15, 0.2) is 0 Å². The number of rotatable bonds is 20. The monoisotopic (exact) mass is 964 g/mol. The zero-order chi connectivity index (χ0) is 49.7. The van der Waals surface area contributed by atoms with Crippen molar-refractivity contribution in [3.63, 3.8) is 0 Å². The van der Waals surface area contributed by atoms with E-state index < -0.39 is 49.6 Å². The Hall–Kier alpha value is -2.17. The minimum Gasteiger partial charge on any atom is -0.550 e. The Morgan fingerprint density at radius 2 is 0.387 bits per heavy atom. The summed E-state index contributed by atoms with van der Waals surface area (Å²) in [4.78, 5) is 84.0. The van der Waals surface area contributed by atoms with E-state index in [-0.39, 0.29) is 115 Å². The van der Waals surface area contributed by atoms with Crippen LogP contribution in [-0.2, 0) is 81.8 Å². The average molecular weight is 965 g/mol. The SMILES string of the molecule is CC(C)O.CC(C)O.CC(C)O.CC(C)O.CCC(CC)C(=O)CC(=O)[O-].CCC(CC)C(=O)CC(=O)[O-].CCC(CC)C(=O)CC(=O)[O-].CCC(CC)C(=O)CC(=O)[O-].[Ti+2].[Ti+2]. The molecule has 364 valence electrons. The number of aliphatic hydroxyl groups excluding tert-OH is 4. The van der Waals surface area contributed by atoms with Crippen molar-refractivity contribution in [2.45, 2.75) is 212 Å². The van der Waals surface area contributed by atoms with Crippen molar-refractivity contribution >= 4 is 47.0 Å². The van der Waals surface area contributed by atoms with Crippen LogP contribution in [0.4, 0.5) is 0 Å². The van der Waals surface area contributed by atoms with Crippen molar-refractivity contribution in [1.82, 2.24) is 0 Å². The van der Waals surface area contributed by atoms with Gasteiger partial charge in [0.1, 0.15) is 23.1 Å². The Morgan fingerprint density at radius 3 is 0.435 bits per heavy atom. The molecule has 0 fully saturated rings. The molecule has 18 heteroatoms. The molecule has 62 heavy (non-hydrogen) atoms. The summed E-state index contributed by atoms with van der Waals surface area (Å²) in [6, 6.07) is 0.